The first-order valence-electron chi connectivity index (χ1n) is 8.71. The Bertz CT molecular complexity index is 966. The van der Waals surface area contributed by atoms with Crippen LogP contribution in [0.2, 0.25) is 5.02 Å². The zero-order valence-electron chi connectivity index (χ0n) is 15.3. The number of carbonyl (C=O) groups is 1. The van der Waals surface area contributed by atoms with Crippen molar-refractivity contribution >= 4 is 27.5 Å². The molecule has 0 aromatic heterocycles. The van der Waals surface area contributed by atoms with E-state index in [1.807, 2.05) is 0 Å². The number of nitrogens with zero attached hydrogens (tertiary/aromatic N) is 2. The van der Waals surface area contributed by atoms with Gasteiger partial charge in [-0.25, -0.2) is 12.8 Å². The minimum atomic E-state index is -3.75. The molecule has 1 aliphatic heterocycles. The number of sulfonamides is 1. The summed E-state index contributed by atoms with van der Waals surface area (Å²) in [7, 11) is -2.29. The van der Waals surface area contributed by atoms with Gasteiger partial charge in [-0.1, -0.05) is 11.6 Å². The van der Waals surface area contributed by atoms with Gasteiger partial charge in [0.15, 0.2) is 0 Å². The molecule has 0 unspecified atom stereocenters. The number of carbonyl (C=O) groups excluding carboxylic acids is 1. The number of benzene rings is 2. The Balaban J connectivity index is 1.74. The van der Waals surface area contributed by atoms with E-state index in [-0.39, 0.29) is 28.9 Å². The highest BCUT2D eigenvalue weighted by atomic mass is 35.5. The van der Waals surface area contributed by atoms with Crippen LogP contribution in [0.15, 0.2) is 47.4 Å². The van der Waals surface area contributed by atoms with Crippen LogP contribution in [-0.2, 0) is 10.0 Å². The quantitative estimate of drug-likeness (QED) is 0.753. The SMILES string of the molecule is COc1ccc(S(=O)(=O)N2CCCN(C(=O)c3ccc(F)cc3)CC2)cc1Cl. The lowest BCUT2D eigenvalue weighted by molar-refractivity contribution is 0.0764. The summed E-state index contributed by atoms with van der Waals surface area (Å²) in [5.74, 6) is -0.262. The molecule has 0 aliphatic carbocycles. The third-order valence-corrected chi connectivity index (χ3v) is 6.78. The van der Waals surface area contributed by atoms with Crippen molar-refractivity contribution in [2.45, 2.75) is 11.3 Å². The second-order valence-electron chi connectivity index (χ2n) is 6.35. The lowest BCUT2D eigenvalue weighted by Crippen LogP contribution is -2.37. The molecule has 1 aliphatic rings. The van der Waals surface area contributed by atoms with Crippen molar-refractivity contribution in [2.75, 3.05) is 33.3 Å². The van der Waals surface area contributed by atoms with Gasteiger partial charge in [-0.3, -0.25) is 4.79 Å². The number of rotatable bonds is 4. The van der Waals surface area contributed by atoms with E-state index < -0.39 is 15.8 Å². The lowest BCUT2D eigenvalue weighted by atomic mass is 10.2. The minimum absolute atomic E-state index is 0.0802. The Labute approximate surface area is 168 Å². The van der Waals surface area contributed by atoms with Crippen molar-refractivity contribution in [3.05, 3.63) is 58.9 Å². The number of methoxy groups -OCH3 is 1. The van der Waals surface area contributed by atoms with E-state index in [0.29, 0.717) is 30.8 Å². The van der Waals surface area contributed by atoms with Crippen LogP contribution in [0, 0.1) is 5.82 Å². The van der Waals surface area contributed by atoms with Gasteiger partial charge >= 0.3 is 0 Å². The smallest absolute Gasteiger partial charge is 0.253 e. The molecule has 2 aromatic carbocycles. The molecule has 6 nitrogen and oxygen atoms in total. The van der Waals surface area contributed by atoms with E-state index >= 15 is 0 Å². The third-order valence-electron chi connectivity index (χ3n) is 4.59. The van der Waals surface area contributed by atoms with Crippen LogP contribution in [0.1, 0.15) is 16.8 Å². The summed E-state index contributed by atoms with van der Waals surface area (Å²) >= 11 is 6.06. The molecule has 0 radical (unpaired) electrons. The molecule has 0 bridgehead atoms. The van der Waals surface area contributed by atoms with Crippen LogP contribution in [-0.4, -0.2) is 56.8 Å². The van der Waals surface area contributed by atoms with Gasteiger partial charge in [0.25, 0.3) is 5.91 Å². The van der Waals surface area contributed by atoms with Gasteiger partial charge in [0, 0.05) is 31.7 Å². The van der Waals surface area contributed by atoms with Crippen LogP contribution >= 0.6 is 11.6 Å². The highest BCUT2D eigenvalue weighted by Crippen LogP contribution is 2.28. The summed E-state index contributed by atoms with van der Waals surface area (Å²) in [4.78, 5) is 14.3. The first-order valence-corrected chi connectivity index (χ1v) is 10.5. The molecule has 1 amide bonds. The predicted molar refractivity (Wildman–Crippen MR) is 104 cm³/mol. The summed E-state index contributed by atoms with van der Waals surface area (Å²) in [6.07, 6.45) is 0.496. The molecule has 1 saturated heterocycles. The molecule has 1 heterocycles. The molecular formula is C19H20ClFN2O4S. The second kappa shape index (κ2) is 8.46. The summed E-state index contributed by atoms with van der Waals surface area (Å²) in [5, 5.41) is 0.214. The van der Waals surface area contributed by atoms with Gasteiger partial charge in [0.2, 0.25) is 10.0 Å². The average molecular weight is 427 g/mol. The molecule has 150 valence electrons. The zero-order chi connectivity index (χ0) is 20.3. The normalized spacial score (nSPS) is 15.9. The highest BCUT2D eigenvalue weighted by Gasteiger charge is 2.29. The van der Waals surface area contributed by atoms with Crippen molar-refractivity contribution in [1.82, 2.24) is 9.21 Å². The van der Waals surface area contributed by atoms with Crippen LogP contribution < -0.4 is 4.74 Å². The summed E-state index contributed by atoms with van der Waals surface area (Å²) in [6.45, 7) is 1.13. The van der Waals surface area contributed by atoms with Gasteiger partial charge in [-0.2, -0.15) is 4.31 Å². The Morgan fingerprint density at radius 1 is 1.07 bits per heavy atom. The van der Waals surface area contributed by atoms with Gasteiger partial charge in [0.1, 0.15) is 11.6 Å². The van der Waals surface area contributed by atoms with Crippen LogP contribution in [0.25, 0.3) is 0 Å². The van der Waals surface area contributed by atoms with Gasteiger partial charge < -0.3 is 9.64 Å². The van der Waals surface area contributed by atoms with Crippen molar-refractivity contribution < 1.29 is 22.3 Å². The van der Waals surface area contributed by atoms with Gasteiger partial charge in [-0.15, -0.1) is 0 Å². The molecule has 0 atom stereocenters. The molecule has 3 rings (SSSR count). The molecule has 1 fully saturated rings. The fraction of sp³-hybridized carbons (Fsp3) is 0.316. The maximum Gasteiger partial charge on any atom is 0.253 e. The molecular weight excluding hydrogens is 407 g/mol. The topological polar surface area (TPSA) is 66.9 Å². The maximum absolute atomic E-state index is 13.1. The van der Waals surface area contributed by atoms with E-state index in [0.717, 1.165) is 0 Å². The van der Waals surface area contributed by atoms with Crippen molar-refractivity contribution in [2.24, 2.45) is 0 Å². The molecule has 0 saturated carbocycles. The first-order chi connectivity index (χ1) is 13.3. The van der Waals surface area contributed by atoms with Gasteiger partial charge in [0.05, 0.1) is 17.0 Å². The monoisotopic (exact) mass is 426 g/mol. The number of amides is 1. The Kier molecular flexibility index (Phi) is 6.22. The van der Waals surface area contributed by atoms with Crippen LogP contribution in [0.4, 0.5) is 4.39 Å². The summed E-state index contributed by atoms with van der Waals surface area (Å²) < 4.78 is 45.4. The van der Waals surface area contributed by atoms with E-state index in [9.17, 15) is 17.6 Å². The predicted octanol–water partition coefficient (Wildman–Crippen LogP) is 3.02. The Morgan fingerprint density at radius 2 is 1.79 bits per heavy atom. The number of hydrogen-bond acceptors (Lipinski definition) is 4. The number of halogens is 2. The Morgan fingerprint density at radius 3 is 2.43 bits per heavy atom. The summed E-state index contributed by atoms with van der Waals surface area (Å²) in [6, 6.07) is 9.64. The average Bonchev–Trinajstić information content (AvgIpc) is 2.94. The van der Waals surface area contributed by atoms with E-state index in [2.05, 4.69) is 0 Å². The minimum Gasteiger partial charge on any atom is -0.495 e. The Hall–Kier alpha value is -2.16. The van der Waals surface area contributed by atoms with E-state index in [1.165, 1.54) is 53.9 Å². The highest BCUT2D eigenvalue weighted by molar-refractivity contribution is 7.89. The zero-order valence-corrected chi connectivity index (χ0v) is 16.8. The fourth-order valence-electron chi connectivity index (χ4n) is 3.07. The fourth-order valence-corrected chi connectivity index (χ4v) is 4.89. The first kappa shape index (κ1) is 20.6. The maximum atomic E-state index is 13.1. The standard InChI is InChI=1S/C19H20ClFN2O4S/c1-27-18-8-7-16(13-17(18)20)28(25,26)23-10-2-9-22(11-12-23)19(24)14-3-5-15(21)6-4-14/h3-8,13H,2,9-12H2,1H3. The second-order valence-corrected chi connectivity index (χ2v) is 8.70. The van der Waals surface area contributed by atoms with E-state index in [4.69, 9.17) is 16.3 Å². The molecule has 9 heteroatoms. The molecule has 0 spiro atoms. The van der Waals surface area contributed by atoms with Crippen LogP contribution in [0.5, 0.6) is 5.75 Å². The molecule has 28 heavy (non-hydrogen) atoms. The van der Waals surface area contributed by atoms with Gasteiger partial charge in [-0.05, 0) is 48.9 Å². The number of ether oxygens (including phenoxy) is 1. The van der Waals surface area contributed by atoms with Crippen molar-refractivity contribution in [3.63, 3.8) is 0 Å². The molecule has 2 aromatic rings. The molecule has 0 N–H and O–H groups in total. The van der Waals surface area contributed by atoms with Crippen LogP contribution in [0.3, 0.4) is 0 Å². The largest absolute Gasteiger partial charge is 0.495 e. The van der Waals surface area contributed by atoms with E-state index in [1.54, 1.807) is 4.90 Å². The van der Waals surface area contributed by atoms with Crippen molar-refractivity contribution in [3.8, 4) is 5.75 Å². The van der Waals surface area contributed by atoms with Crippen molar-refractivity contribution in [1.29, 1.82) is 0 Å². The lowest BCUT2D eigenvalue weighted by Gasteiger charge is -2.22. The third kappa shape index (κ3) is 4.29. The summed E-state index contributed by atoms with van der Waals surface area (Å²) in [5.41, 5.74) is 0.375. The number of hydrogen-bond donors (Lipinski definition) is 0.